The van der Waals surface area contributed by atoms with Crippen LogP contribution in [0.2, 0.25) is 0 Å². The normalized spacial score (nSPS) is 10.6. The van der Waals surface area contributed by atoms with Crippen molar-refractivity contribution in [2.45, 2.75) is 26.9 Å². The zero-order valence-corrected chi connectivity index (χ0v) is 11.9. The quantitative estimate of drug-likeness (QED) is 0.847. The van der Waals surface area contributed by atoms with Crippen LogP contribution in [0.3, 0.4) is 0 Å². The molecule has 0 fully saturated rings. The van der Waals surface area contributed by atoms with E-state index in [-0.39, 0.29) is 5.97 Å². The largest absolute Gasteiger partial charge is 0.465 e. The molecule has 2 aromatic heterocycles. The summed E-state index contributed by atoms with van der Waals surface area (Å²) < 4.78 is 6.51. The fourth-order valence-corrected chi connectivity index (χ4v) is 2.09. The predicted octanol–water partition coefficient (Wildman–Crippen LogP) is 1.19. The van der Waals surface area contributed by atoms with Crippen molar-refractivity contribution in [2.75, 3.05) is 7.11 Å². The van der Waals surface area contributed by atoms with E-state index < -0.39 is 0 Å². The van der Waals surface area contributed by atoms with Crippen LogP contribution in [-0.2, 0) is 17.8 Å². The molecule has 0 aliphatic heterocycles. The minimum atomic E-state index is -0.388. The Bertz CT molecular complexity index is 617. The van der Waals surface area contributed by atoms with E-state index in [0.717, 1.165) is 22.6 Å². The summed E-state index contributed by atoms with van der Waals surface area (Å²) in [5.74, 6) is -0.388. The summed E-state index contributed by atoms with van der Waals surface area (Å²) in [7, 11) is 1.35. The molecule has 0 radical (unpaired) electrons. The van der Waals surface area contributed by atoms with Gasteiger partial charge < -0.3 is 10.5 Å². The molecule has 0 aromatic carbocycles. The second-order valence-electron chi connectivity index (χ2n) is 4.54. The summed E-state index contributed by atoms with van der Waals surface area (Å²) >= 11 is 0. The van der Waals surface area contributed by atoms with Crippen LogP contribution in [0.15, 0.2) is 18.3 Å². The van der Waals surface area contributed by atoms with Gasteiger partial charge >= 0.3 is 5.97 Å². The Labute approximate surface area is 117 Å². The summed E-state index contributed by atoms with van der Waals surface area (Å²) in [6, 6.07) is 3.49. The highest BCUT2D eigenvalue weighted by Gasteiger charge is 2.11. The number of aromatic nitrogens is 3. The van der Waals surface area contributed by atoms with E-state index in [4.69, 9.17) is 5.73 Å². The third kappa shape index (κ3) is 2.70. The zero-order chi connectivity index (χ0) is 14.7. The number of ether oxygens (including phenoxy) is 1. The number of hydrogen-bond acceptors (Lipinski definition) is 5. The van der Waals surface area contributed by atoms with Gasteiger partial charge in [-0.3, -0.25) is 9.67 Å². The number of pyridine rings is 1. The van der Waals surface area contributed by atoms with Crippen molar-refractivity contribution in [1.29, 1.82) is 0 Å². The molecule has 0 saturated heterocycles. The average Bonchev–Trinajstić information content (AvgIpc) is 2.73. The molecule has 0 aliphatic carbocycles. The first-order valence-corrected chi connectivity index (χ1v) is 6.33. The van der Waals surface area contributed by atoms with Crippen LogP contribution in [0.25, 0.3) is 0 Å². The van der Waals surface area contributed by atoms with E-state index in [1.807, 2.05) is 18.5 Å². The highest BCUT2D eigenvalue weighted by molar-refractivity contribution is 5.88. The third-order valence-corrected chi connectivity index (χ3v) is 3.29. The summed E-state index contributed by atoms with van der Waals surface area (Å²) in [6.07, 6.45) is 1.51. The Morgan fingerprint density at radius 2 is 2.15 bits per heavy atom. The van der Waals surface area contributed by atoms with Gasteiger partial charge in [-0.05, 0) is 26.0 Å². The number of nitrogens with zero attached hydrogens (tertiary/aromatic N) is 3. The predicted molar refractivity (Wildman–Crippen MR) is 74.3 cm³/mol. The van der Waals surface area contributed by atoms with Gasteiger partial charge in [0.15, 0.2) is 0 Å². The molecular weight excluding hydrogens is 256 g/mol. The van der Waals surface area contributed by atoms with E-state index >= 15 is 0 Å². The number of hydrogen-bond donors (Lipinski definition) is 1. The maximum absolute atomic E-state index is 11.3. The maximum Gasteiger partial charge on any atom is 0.339 e. The fraction of sp³-hybridized carbons (Fsp3) is 0.357. The van der Waals surface area contributed by atoms with Gasteiger partial charge in [0.05, 0.1) is 30.6 Å². The van der Waals surface area contributed by atoms with E-state index in [2.05, 4.69) is 14.8 Å². The molecule has 6 heteroatoms. The zero-order valence-electron chi connectivity index (χ0n) is 11.9. The lowest BCUT2D eigenvalue weighted by atomic mass is 10.2. The first-order chi connectivity index (χ1) is 9.56. The lowest BCUT2D eigenvalue weighted by Crippen LogP contribution is -2.08. The van der Waals surface area contributed by atoms with Gasteiger partial charge in [0, 0.05) is 24.0 Å². The molecule has 106 valence electrons. The molecule has 6 nitrogen and oxygen atoms in total. The van der Waals surface area contributed by atoms with Gasteiger partial charge in [-0.25, -0.2) is 4.79 Å². The minimum absolute atomic E-state index is 0.388. The first-order valence-electron chi connectivity index (χ1n) is 6.33. The SMILES string of the molecule is COC(=O)c1ccc(Cn2nc(C)c(CN)c2C)nc1. The maximum atomic E-state index is 11.3. The highest BCUT2D eigenvalue weighted by atomic mass is 16.5. The van der Waals surface area contributed by atoms with Crippen LogP contribution in [0.5, 0.6) is 0 Å². The second kappa shape index (κ2) is 5.83. The first kappa shape index (κ1) is 14.2. The van der Waals surface area contributed by atoms with Gasteiger partial charge in [-0.2, -0.15) is 5.10 Å². The van der Waals surface area contributed by atoms with Crippen LogP contribution in [0.4, 0.5) is 0 Å². The van der Waals surface area contributed by atoms with Crippen molar-refractivity contribution in [1.82, 2.24) is 14.8 Å². The van der Waals surface area contributed by atoms with Crippen molar-refractivity contribution in [3.05, 3.63) is 46.5 Å². The molecule has 0 unspecified atom stereocenters. The fourth-order valence-electron chi connectivity index (χ4n) is 2.09. The molecular formula is C14H18N4O2. The van der Waals surface area contributed by atoms with Gasteiger partial charge in [-0.15, -0.1) is 0 Å². The van der Waals surface area contributed by atoms with E-state index in [1.54, 1.807) is 12.1 Å². The summed E-state index contributed by atoms with van der Waals surface area (Å²) in [5, 5.41) is 4.46. The average molecular weight is 274 g/mol. The van der Waals surface area contributed by atoms with Crippen molar-refractivity contribution in [3.8, 4) is 0 Å². The topological polar surface area (TPSA) is 83.0 Å². The lowest BCUT2D eigenvalue weighted by Gasteiger charge is -2.05. The molecule has 0 saturated carbocycles. The molecule has 0 amide bonds. The summed E-state index contributed by atoms with van der Waals surface area (Å²) in [4.78, 5) is 15.6. The Hall–Kier alpha value is -2.21. The Balaban J connectivity index is 2.20. The minimum Gasteiger partial charge on any atom is -0.465 e. The monoisotopic (exact) mass is 274 g/mol. The number of carbonyl (C=O) groups excluding carboxylic acids is 1. The lowest BCUT2D eigenvalue weighted by molar-refractivity contribution is 0.0600. The number of methoxy groups -OCH3 is 1. The molecule has 2 N–H and O–H groups in total. The van der Waals surface area contributed by atoms with Crippen molar-refractivity contribution in [3.63, 3.8) is 0 Å². The van der Waals surface area contributed by atoms with E-state index in [9.17, 15) is 4.79 Å². The van der Waals surface area contributed by atoms with Crippen LogP contribution >= 0.6 is 0 Å². The molecule has 0 aliphatic rings. The molecule has 0 spiro atoms. The van der Waals surface area contributed by atoms with Crippen molar-refractivity contribution >= 4 is 5.97 Å². The number of nitrogens with two attached hydrogens (primary N) is 1. The molecule has 20 heavy (non-hydrogen) atoms. The van der Waals surface area contributed by atoms with Crippen LogP contribution in [-0.4, -0.2) is 27.8 Å². The van der Waals surface area contributed by atoms with Gasteiger partial charge in [0.2, 0.25) is 0 Å². The van der Waals surface area contributed by atoms with Gasteiger partial charge in [-0.1, -0.05) is 0 Å². The Kier molecular flexibility index (Phi) is 4.14. The number of aryl methyl sites for hydroxylation is 1. The van der Waals surface area contributed by atoms with Crippen LogP contribution in [0.1, 0.15) is 33.0 Å². The molecule has 2 rings (SSSR count). The van der Waals surface area contributed by atoms with Crippen molar-refractivity contribution < 1.29 is 9.53 Å². The van der Waals surface area contributed by atoms with E-state index in [1.165, 1.54) is 13.3 Å². The van der Waals surface area contributed by atoms with Crippen LogP contribution in [0, 0.1) is 13.8 Å². The summed E-state index contributed by atoms with van der Waals surface area (Å²) in [5.41, 5.74) is 10.0. The molecule has 2 aromatic rings. The number of carbonyl (C=O) groups is 1. The Morgan fingerprint density at radius 3 is 2.65 bits per heavy atom. The van der Waals surface area contributed by atoms with E-state index in [0.29, 0.717) is 18.7 Å². The smallest absolute Gasteiger partial charge is 0.339 e. The number of rotatable bonds is 4. The molecule has 0 bridgehead atoms. The number of esters is 1. The molecule has 0 atom stereocenters. The summed E-state index contributed by atoms with van der Waals surface area (Å²) in [6.45, 7) is 4.96. The second-order valence-corrected chi connectivity index (χ2v) is 4.54. The van der Waals surface area contributed by atoms with Crippen LogP contribution < -0.4 is 5.73 Å². The van der Waals surface area contributed by atoms with Gasteiger partial charge in [0.1, 0.15) is 0 Å². The highest BCUT2D eigenvalue weighted by Crippen LogP contribution is 2.13. The third-order valence-electron chi connectivity index (χ3n) is 3.29. The molecule has 2 heterocycles. The standard InChI is InChI=1S/C14H18N4O2/c1-9-13(6-15)10(2)18(17-9)8-12-5-4-11(7-16-12)14(19)20-3/h4-5,7H,6,8,15H2,1-3H3. The Morgan fingerprint density at radius 1 is 1.40 bits per heavy atom. The van der Waals surface area contributed by atoms with Gasteiger partial charge in [0.25, 0.3) is 0 Å². The van der Waals surface area contributed by atoms with Crippen molar-refractivity contribution in [2.24, 2.45) is 5.73 Å².